The van der Waals surface area contributed by atoms with E-state index in [4.69, 9.17) is 4.74 Å². The molecule has 1 heterocycles. The third-order valence-corrected chi connectivity index (χ3v) is 3.40. The Morgan fingerprint density at radius 1 is 1.35 bits per heavy atom. The van der Waals surface area contributed by atoms with Crippen molar-refractivity contribution in [3.05, 3.63) is 35.4 Å². The van der Waals surface area contributed by atoms with Gasteiger partial charge < -0.3 is 10.1 Å². The molecule has 0 bridgehead atoms. The number of hydrogen-bond acceptors (Lipinski definition) is 4. The van der Waals surface area contributed by atoms with Crippen LogP contribution in [0.15, 0.2) is 24.3 Å². The highest BCUT2D eigenvalue weighted by Gasteiger charge is 2.31. The van der Waals surface area contributed by atoms with Crippen LogP contribution >= 0.6 is 0 Å². The van der Waals surface area contributed by atoms with Crippen molar-refractivity contribution in [2.45, 2.75) is 19.4 Å². The molecular formula is C15H20N2O3. The summed E-state index contributed by atoms with van der Waals surface area (Å²) in [5.41, 5.74) is 1.44. The number of benzene rings is 1. The van der Waals surface area contributed by atoms with Crippen LogP contribution in [0.4, 0.5) is 0 Å². The summed E-state index contributed by atoms with van der Waals surface area (Å²) in [6.07, 6.45) is 0.285. The van der Waals surface area contributed by atoms with E-state index >= 15 is 0 Å². The van der Waals surface area contributed by atoms with Crippen LogP contribution in [0.2, 0.25) is 0 Å². The molecule has 5 nitrogen and oxygen atoms in total. The zero-order valence-electron chi connectivity index (χ0n) is 11.9. The van der Waals surface area contributed by atoms with E-state index < -0.39 is 0 Å². The van der Waals surface area contributed by atoms with Gasteiger partial charge in [-0.1, -0.05) is 25.1 Å². The Kier molecular flexibility index (Phi) is 4.87. The molecule has 0 saturated heterocycles. The smallest absolute Gasteiger partial charge is 0.260 e. The van der Waals surface area contributed by atoms with Crippen molar-refractivity contribution >= 4 is 11.8 Å². The van der Waals surface area contributed by atoms with Crippen LogP contribution in [0.25, 0.3) is 0 Å². The second kappa shape index (κ2) is 6.63. The highest BCUT2D eigenvalue weighted by molar-refractivity contribution is 6.09. The maximum Gasteiger partial charge on any atom is 0.260 e. The molecule has 108 valence electrons. The van der Waals surface area contributed by atoms with Gasteiger partial charge in [-0.15, -0.1) is 0 Å². The number of nitrogens with one attached hydrogen (secondary N) is 1. The monoisotopic (exact) mass is 276 g/mol. The first kappa shape index (κ1) is 14.7. The third kappa shape index (κ3) is 3.05. The summed E-state index contributed by atoms with van der Waals surface area (Å²) in [7, 11) is 1.61. The Balaban J connectivity index is 2.16. The van der Waals surface area contributed by atoms with E-state index in [0.717, 1.165) is 12.1 Å². The number of nitrogens with zero attached hydrogens (tertiary/aromatic N) is 1. The van der Waals surface area contributed by atoms with Gasteiger partial charge in [0.2, 0.25) is 5.91 Å². The van der Waals surface area contributed by atoms with Crippen molar-refractivity contribution in [3.63, 3.8) is 0 Å². The molecule has 1 unspecified atom stereocenters. The Hall–Kier alpha value is -1.72. The largest absolute Gasteiger partial charge is 0.383 e. The Labute approximate surface area is 118 Å². The predicted molar refractivity (Wildman–Crippen MR) is 75.5 cm³/mol. The van der Waals surface area contributed by atoms with E-state index in [1.807, 2.05) is 25.1 Å². The lowest BCUT2D eigenvalue weighted by Gasteiger charge is -2.30. The first-order chi connectivity index (χ1) is 9.67. The van der Waals surface area contributed by atoms with Gasteiger partial charge in [0, 0.05) is 25.3 Å². The molecule has 5 heteroatoms. The molecule has 1 aromatic carbocycles. The summed E-state index contributed by atoms with van der Waals surface area (Å²) < 4.78 is 5.13. The number of rotatable bonds is 6. The molecule has 1 aromatic rings. The molecule has 0 aromatic heterocycles. The number of likely N-dealkylation sites (N-methyl/N-ethyl adjacent to an activating group) is 1. The fourth-order valence-electron chi connectivity index (χ4n) is 2.47. The van der Waals surface area contributed by atoms with E-state index in [1.165, 1.54) is 4.90 Å². The normalized spacial score (nSPS) is 16.2. The summed E-state index contributed by atoms with van der Waals surface area (Å²) in [6, 6.07) is 7.24. The number of amides is 2. The lowest BCUT2D eigenvalue weighted by atomic mass is 9.98. The zero-order chi connectivity index (χ0) is 14.5. The Morgan fingerprint density at radius 3 is 2.80 bits per heavy atom. The van der Waals surface area contributed by atoms with Crippen molar-refractivity contribution < 1.29 is 14.3 Å². The SMILES string of the molecule is CCNC(COC)CN1C(=O)Cc2ccccc2C1=O. The van der Waals surface area contributed by atoms with Gasteiger partial charge in [-0.05, 0) is 18.2 Å². The average molecular weight is 276 g/mol. The van der Waals surface area contributed by atoms with Gasteiger partial charge in [-0.2, -0.15) is 0 Å². The Bertz CT molecular complexity index is 496. The van der Waals surface area contributed by atoms with Gasteiger partial charge in [-0.25, -0.2) is 0 Å². The molecule has 1 aliphatic rings. The lowest BCUT2D eigenvalue weighted by molar-refractivity contribution is -0.128. The number of carbonyl (C=O) groups excluding carboxylic acids is 2. The second-order valence-corrected chi connectivity index (χ2v) is 4.85. The number of fused-ring (bicyclic) bond motifs is 1. The molecular weight excluding hydrogens is 256 g/mol. The highest BCUT2D eigenvalue weighted by atomic mass is 16.5. The molecule has 20 heavy (non-hydrogen) atoms. The summed E-state index contributed by atoms with van der Waals surface area (Å²) in [6.45, 7) is 3.55. The summed E-state index contributed by atoms with van der Waals surface area (Å²) in [5.74, 6) is -0.358. The van der Waals surface area contributed by atoms with Gasteiger partial charge in [0.05, 0.1) is 13.0 Å². The predicted octanol–water partition coefficient (Wildman–Crippen LogP) is 0.836. The number of imide groups is 1. The van der Waals surface area contributed by atoms with E-state index in [2.05, 4.69) is 5.32 Å². The molecule has 2 rings (SSSR count). The summed E-state index contributed by atoms with van der Waals surface area (Å²) in [4.78, 5) is 25.9. The first-order valence-corrected chi connectivity index (χ1v) is 6.82. The number of ether oxygens (including phenoxy) is 1. The molecule has 0 radical (unpaired) electrons. The topological polar surface area (TPSA) is 58.6 Å². The van der Waals surface area contributed by atoms with Crippen LogP contribution in [-0.2, 0) is 16.0 Å². The van der Waals surface area contributed by atoms with Crippen LogP contribution < -0.4 is 5.32 Å². The fourth-order valence-corrected chi connectivity index (χ4v) is 2.47. The number of carbonyl (C=O) groups is 2. The number of methoxy groups -OCH3 is 1. The van der Waals surface area contributed by atoms with Gasteiger partial charge in [0.15, 0.2) is 0 Å². The molecule has 1 N–H and O–H groups in total. The zero-order valence-corrected chi connectivity index (χ0v) is 11.9. The Morgan fingerprint density at radius 2 is 2.10 bits per heavy atom. The lowest BCUT2D eigenvalue weighted by Crippen LogP contribution is -2.50. The molecule has 0 spiro atoms. The fraction of sp³-hybridized carbons (Fsp3) is 0.467. The standard InChI is InChI=1S/C15H20N2O3/c1-3-16-12(10-20-2)9-17-14(18)8-11-6-4-5-7-13(11)15(17)19/h4-7,12,16H,3,8-10H2,1-2H3. The minimum Gasteiger partial charge on any atom is -0.383 e. The van der Waals surface area contributed by atoms with Crippen molar-refractivity contribution in [1.82, 2.24) is 10.2 Å². The van der Waals surface area contributed by atoms with Gasteiger partial charge in [0.25, 0.3) is 5.91 Å². The van der Waals surface area contributed by atoms with Crippen LogP contribution in [0.1, 0.15) is 22.8 Å². The van der Waals surface area contributed by atoms with Gasteiger partial charge in [-0.3, -0.25) is 14.5 Å². The van der Waals surface area contributed by atoms with E-state index in [9.17, 15) is 9.59 Å². The second-order valence-electron chi connectivity index (χ2n) is 4.85. The minimum atomic E-state index is -0.212. The van der Waals surface area contributed by atoms with Crippen LogP contribution in [0, 0.1) is 0 Å². The maximum atomic E-state index is 12.4. The van der Waals surface area contributed by atoms with Crippen molar-refractivity contribution in [2.24, 2.45) is 0 Å². The summed E-state index contributed by atoms with van der Waals surface area (Å²) in [5, 5.41) is 3.22. The van der Waals surface area contributed by atoms with Crippen molar-refractivity contribution in [3.8, 4) is 0 Å². The highest BCUT2D eigenvalue weighted by Crippen LogP contribution is 2.19. The van der Waals surface area contributed by atoms with Crippen molar-refractivity contribution in [2.75, 3.05) is 26.8 Å². The van der Waals surface area contributed by atoms with Crippen LogP contribution in [0.3, 0.4) is 0 Å². The minimum absolute atomic E-state index is 0.0387. The molecule has 1 atom stereocenters. The molecule has 1 aliphatic heterocycles. The van der Waals surface area contributed by atoms with E-state index in [0.29, 0.717) is 18.7 Å². The first-order valence-electron chi connectivity index (χ1n) is 6.82. The quantitative estimate of drug-likeness (QED) is 0.782. The molecule has 2 amide bonds. The summed E-state index contributed by atoms with van der Waals surface area (Å²) >= 11 is 0. The van der Waals surface area contributed by atoms with Gasteiger partial charge >= 0.3 is 0 Å². The van der Waals surface area contributed by atoms with E-state index in [-0.39, 0.29) is 24.3 Å². The molecule has 0 saturated carbocycles. The third-order valence-electron chi connectivity index (χ3n) is 3.40. The molecule has 0 aliphatic carbocycles. The van der Waals surface area contributed by atoms with Gasteiger partial charge in [0.1, 0.15) is 0 Å². The van der Waals surface area contributed by atoms with Crippen LogP contribution in [0.5, 0.6) is 0 Å². The average Bonchev–Trinajstić information content (AvgIpc) is 2.44. The van der Waals surface area contributed by atoms with Crippen molar-refractivity contribution in [1.29, 1.82) is 0 Å². The number of hydrogen-bond donors (Lipinski definition) is 1. The molecule has 0 fully saturated rings. The maximum absolute atomic E-state index is 12.4. The van der Waals surface area contributed by atoms with E-state index in [1.54, 1.807) is 13.2 Å². The van der Waals surface area contributed by atoms with Crippen LogP contribution in [-0.4, -0.2) is 49.6 Å².